The summed E-state index contributed by atoms with van der Waals surface area (Å²) < 4.78 is 1.80. The van der Waals surface area contributed by atoms with Crippen molar-refractivity contribution in [2.24, 2.45) is 5.92 Å². The number of nitrogens with one attached hydrogen (secondary N) is 2. The van der Waals surface area contributed by atoms with E-state index in [0.717, 1.165) is 16.6 Å². The number of aliphatic hydroxyl groups excluding tert-OH is 1. The van der Waals surface area contributed by atoms with Crippen LogP contribution in [0.2, 0.25) is 0 Å². The topological polar surface area (TPSA) is 109 Å². The Hall–Kier alpha value is -3.26. The number of allylic oxidation sites excluding steroid dienone is 2. The maximum atomic E-state index is 12.3. The van der Waals surface area contributed by atoms with Crippen LogP contribution in [0, 0.1) is 5.92 Å². The zero-order valence-corrected chi connectivity index (χ0v) is 16.4. The zero-order chi connectivity index (χ0) is 20.4. The molecule has 0 fully saturated rings. The molecule has 1 aliphatic rings. The number of aliphatic hydroxyl groups is 1. The first-order chi connectivity index (χ1) is 14.1. The maximum absolute atomic E-state index is 12.3. The van der Waals surface area contributed by atoms with Crippen molar-refractivity contribution in [3.05, 3.63) is 54.3 Å². The quantitative estimate of drug-likeness (QED) is 0.597. The van der Waals surface area contributed by atoms with E-state index in [1.807, 2.05) is 56.5 Å². The van der Waals surface area contributed by atoms with Gasteiger partial charge in [-0.2, -0.15) is 5.10 Å². The minimum absolute atomic E-state index is 0.0424. The minimum atomic E-state index is -0.524. The molecule has 2 heterocycles. The summed E-state index contributed by atoms with van der Waals surface area (Å²) in [4.78, 5) is 12.3. The van der Waals surface area contributed by atoms with Crippen LogP contribution in [0.25, 0.3) is 22.3 Å². The first-order valence-electron chi connectivity index (χ1n) is 9.78. The van der Waals surface area contributed by atoms with E-state index >= 15 is 0 Å². The number of rotatable bonds is 6. The van der Waals surface area contributed by atoms with Crippen LogP contribution >= 0.6 is 0 Å². The van der Waals surface area contributed by atoms with Gasteiger partial charge in [-0.25, -0.2) is 4.68 Å². The second-order valence-electron chi connectivity index (χ2n) is 7.30. The number of para-hydroxylation sites is 1. The molecule has 0 radical (unpaired) electrons. The lowest BCUT2D eigenvalue weighted by molar-refractivity contribution is -0.117. The molecule has 150 valence electrons. The van der Waals surface area contributed by atoms with Crippen molar-refractivity contribution in [2.75, 3.05) is 6.54 Å². The van der Waals surface area contributed by atoms with Gasteiger partial charge in [0.2, 0.25) is 0 Å². The lowest BCUT2D eigenvalue weighted by Gasteiger charge is -2.22. The van der Waals surface area contributed by atoms with Gasteiger partial charge < -0.3 is 10.4 Å². The largest absolute Gasteiger partial charge is 0.391 e. The monoisotopic (exact) mass is 392 g/mol. The van der Waals surface area contributed by atoms with Gasteiger partial charge in [0.1, 0.15) is 11.4 Å². The molecule has 1 aliphatic carbocycles. The lowest BCUT2D eigenvalue weighted by atomic mass is 9.92. The van der Waals surface area contributed by atoms with Crippen molar-refractivity contribution in [2.45, 2.75) is 32.4 Å². The number of amides is 1. The number of carbonyl (C=O) groups excluding carboxylic acids is 1. The van der Waals surface area contributed by atoms with Crippen LogP contribution < -0.4 is 5.32 Å². The Balaban J connectivity index is 1.49. The summed E-state index contributed by atoms with van der Waals surface area (Å²) in [6, 6.07) is 7.85. The maximum Gasteiger partial charge on any atom is 0.251 e. The Bertz CT molecular complexity index is 1080. The number of hydrogen-bond donors (Lipinski definition) is 3. The average molecular weight is 392 g/mol. The molecule has 0 saturated carbocycles. The number of aromatic nitrogens is 5. The van der Waals surface area contributed by atoms with Crippen molar-refractivity contribution >= 4 is 16.8 Å². The van der Waals surface area contributed by atoms with Crippen LogP contribution in [-0.4, -0.2) is 48.9 Å². The molecule has 4 rings (SSSR count). The Morgan fingerprint density at radius 3 is 3.00 bits per heavy atom. The summed E-state index contributed by atoms with van der Waals surface area (Å²) in [5.74, 6) is -0.122. The predicted molar refractivity (Wildman–Crippen MR) is 110 cm³/mol. The van der Waals surface area contributed by atoms with E-state index < -0.39 is 6.10 Å². The van der Waals surface area contributed by atoms with Gasteiger partial charge >= 0.3 is 0 Å². The van der Waals surface area contributed by atoms with Gasteiger partial charge in [0, 0.05) is 23.4 Å². The highest BCUT2D eigenvalue weighted by Crippen LogP contribution is 2.29. The highest BCUT2D eigenvalue weighted by Gasteiger charge is 2.23. The highest BCUT2D eigenvalue weighted by atomic mass is 16.3. The van der Waals surface area contributed by atoms with Crippen molar-refractivity contribution in [1.29, 1.82) is 0 Å². The van der Waals surface area contributed by atoms with E-state index in [4.69, 9.17) is 0 Å². The number of nitrogens with zero attached hydrogens (tertiary/aromatic N) is 4. The van der Waals surface area contributed by atoms with Gasteiger partial charge in [-0.15, -0.1) is 5.10 Å². The summed E-state index contributed by atoms with van der Waals surface area (Å²) in [7, 11) is 0. The third-order valence-corrected chi connectivity index (χ3v) is 5.21. The van der Waals surface area contributed by atoms with Gasteiger partial charge in [-0.05, 0) is 12.5 Å². The summed E-state index contributed by atoms with van der Waals surface area (Å²) in [6.45, 7) is 4.16. The predicted octanol–water partition coefficient (Wildman–Crippen LogP) is 2.38. The molecule has 0 spiro atoms. The van der Waals surface area contributed by atoms with Crippen LogP contribution in [0.5, 0.6) is 0 Å². The Morgan fingerprint density at radius 1 is 1.38 bits per heavy atom. The van der Waals surface area contributed by atoms with E-state index in [9.17, 15) is 9.90 Å². The van der Waals surface area contributed by atoms with E-state index in [-0.39, 0.29) is 24.4 Å². The molecule has 0 bridgehead atoms. The molecule has 3 N–H and O–H groups in total. The minimum Gasteiger partial charge on any atom is -0.391 e. The smallest absolute Gasteiger partial charge is 0.251 e. The Kier molecular flexibility index (Phi) is 5.26. The number of carbonyl (C=O) groups is 1. The van der Waals surface area contributed by atoms with E-state index in [1.54, 1.807) is 10.8 Å². The molecule has 8 heteroatoms. The number of aromatic amines is 1. The van der Waals surface area contributed by atoms with Gasteiger partial charge in [0.25, 0.3) is 5.91 Å². The first kappa shape index (κ1) is 19.1. The molecule has 3 aromatic rings. The summed E-state index contributed by atoms with van der Waals surface area (Å²) >= 11 is 0. The molecule has 2 aromatic heterocycles. The number of benzene rings is 1. The van der Waals surface area contributed by atoms with Crippen molar-refractivity contribution in [3.8, 4) is 11.4 Å². The van der Waals surface area contributed by atoms with E-state index in [2.05, 4.69) is 25.8 Å². The fourth-order valence-electron chi connectivity index (χ4n) is 3.44. The number of fused-ring (bicyclic) bond motifs is 1. The second-order valence-corrected chi connectivity index (χ2v) is 7.30. The SMILES string of the molecule is CCC(O)CNC(=O)C1=CC(C)C(n2cc(-c3n[nH]c4ccccc34)nn2)C=C1. The average Bonchev–Trinajstić information content (AvgIpc) is 3.38. The summed E-state index contributed by atoms with van der Waals surface area (Å²) in [5.41, 5.74) is 3.01. The normalized spacial score (nSPS) is 19.9. The molecule has 3 atom stereocenters. The van der Waals surface area contributed by atoms with Gasteiger partial charge in [-0.3, -0.25) is 9.89 Å². The van der Waals surface area contributed by atoms with Crippen LogP contribution in [-0.2, 0) is 4.79 Å². The molecule has 3 unspecified atom stereocenters. The summed E-state index contributed by atoms with van der Waals surface area (Å²) in [5, 5.41) is 29.4. The van der Waals surface area contributed by atoms with Gasteiger partial charge in [0.05, 0.1) is 23.9 Å². The number of H-pyrrole nitrogens is 1. The number of hydrogen-bond acceptors (Lipinski definition) is 5. The third-order valence-electron chi connectivity index (χ3n) is 5.21. The van der Waals surface area contributed by atoms with Crippen LogP contribution in [0.15, 0.2) is 54.3 Å². The third kappa shape index (κ3) is 3.84. The molecule has 29 heavy (non-hydrogen) atoms. The zero-order valence-electron chi connectivity index (χ0n) is 16.4. The van der Waals surface area contributed by atoms with E-state index in [0.29, 0.717) is 17.7 Å². The highest BCUT2D eigenvalue weighted by molar-refractivity contribution is 5.96. The van der Waals surface area contributed by atoms with Gasteiger partial charge in [-0.1, -0.05) is 55.5 Å². The van der Waals surface area contributed by atoms with Crippen LogP contribution in [0.3, 0.4) is 0 Å². The lowest BCUT2D eigenvalue weighted by Crippen LogP contribution is -2.33. The molecule has 1 aromatic carbocycles. The molecule has 0 aliphatic heterocycles. The van der Waals surface area contributed by atoms with Crippen molar-refractivity contribution < 1.29 is 9.90 Å². The van der Waals surface area contributed by atoms with Crippen molar-refractivity contribution in [1.82, 2.24) is 30.5 Å². The molecule has 0 saturated heterocycles. The second kappa shape index (κ2) is 8.00. The van der Waals surface area contributed by atoms with Crippen LogP contribution in [0.4, 0.5) is 0 Å². The standard InChI is InChI=1S/C21H24N6O2/c1-3-15(28)11-22-21(29)14-8-9-19(13(2)10-14)27-12-18(24-26-27)20-16-6-4-5-7-17(16)23-25-20/h4-10,12-13,15,19,28H,3,11H2,1-2H3,(H,22,29)(H,23,25). The Morgan fingerprint density at radius 2 is 2.21 bits per heavy atom. The fourth-order valence-corrected chi connectivity index (χ4v) is 3.44. The van der Waals surface area contributed by atoms with Crippen LogP contribution in [0.1, 0.15) is 26.3 Å². The van der Waals surface area contributed by atoms with Crippen molar-refractivity contribution in [3.63, 3.8) is 0 Å². The molecule has 1 amide bonds. The molecular formula is C21H24N6O2. The molecule has 8 nitrogen and oxygen atoms in total. The Labute approximate surface area is 168 Å². The summed E-state index contributed by atoms with van der Waals surface area (Å²) in [6.07, 6.45) is 7.63. The van der Waals surface area contributed by atoms with Gasteiger partial charge in [0.15, 0.2) is 0 Å². The molecular weight excluding hydrogens is 368 g/mol. The first-order valence-corrected chi connectivity index (χ1v) is 9.78. The fraction of sp³-hybridized carbons (Fsp3) is 0.333. The van der Waals surface area contributed by atoms with E-state index in [1.165, 1.54) is 0 Å².